The van der Waals surface area contributed by atoms with Gasteiger partial charge in [0.15, 0.2) is 0 Å². The number of carbonyl (C=O) groups excluding carboxylic acids is 1. The van der Waals surface area contributed by atoms with E-state index in [-0.39, 0.29) is 24.7 Å². The number of aromatic nitrogens is 1. The molecule has 1 aromatic heterocycles. The quantitative estimate of drug-likeness (QED) is 0.657. The van der Waals surface area contributed by atoms with Gasteiger partial charge in [0.1, 0.15) is 5.82 Å². The summed E-state index contributed by atoms with van der Waals surface area (Å²) in [4.78, 5) is 29.8. The molecule has 2 rings (SSSR count). The van der Waals surface area contributed by atoms with Crippen molar-refractivity contribution >= 4 is 29.6 Å². The number of carboxylic acids is 1. The minimum Gasteiger partial charge on any atom is -0.480 e. The number of pyridine rings is 1. The van der Waals surface area contributed by atoms with Crippen molar-refractivity contribution in [1.82, 2.24) is 15.2 Å². The summed E-state index contributed by atoms with van der Waals surface area (Å²) in [6.07, 6.45) is 5.22. The molecule has 1 aliphatic carbocycles. The SMILES string of the molecule is CCN(CC(=O)O)C1CC(NC(=O)Nc2ccc(SC)cn2)C1. The third kappa shape index (κ3) is 5.11. The fraction of sp³-hybridized carbons (Fsp3) is 0.533. The van der Waals surface area contributed by atoms with Gasteiger partial charge in [-0.25, -0.2) is 9.78 Å². The highest BCUT2D eigenvalue weighted by Gasteiger charge is 2.34. The third-order valence-electron chi connectivity index (χ3n) is 3.92. The van der Waals surface area contributed by atoms with E-state index in [0.717, 1.165) is 17.7 Å². The predicted octanol–water partition coefficient (Wildman–Crippen LogP) is 1.86. The molecule has 7 nitrogen and oxygen atoms in total. The average Bonchev–Trinajstić information content (AvgIpc) is 2.49. The van der Waals surface area contributed by atoms with E-state index in [4.69, 9.17) is 5.11 Å². The van der Waals surface area contributed by atoms with Crippen LogP contribution in [0.2, 0.25) is 0 Å². The van der Waals surface area contributed by atoms with Gasteiger partial charge >= 0.3 is 12.0 Å². The van der Waals surface area contributed by atoms with Crippen molar-refractivity contribution in [1.29, 1.82) is 0 Å². The Morgan fingerprint density at radius 3 is 2.70 bits per heavy atom. The normalized spacial score (nSPS) is 20.0. The number of carbonyl (C=O) groups is 2. The van der Waals surface area contributed by atoms with Crippen molar-refractivity contribution in [2.45, 2.75) is 36.7 Å². The van der Waals surface area contributed by atoms with Crippen LogP contribution in [0.5, 0.6) is 0 Å². The van der Waals surface area contributed by atoms with Gasteiger partial charge in [-0.2, -0.15) is 0 Å². The lowest BCUT2D eigenvalue weighted by atomic mass is 9.85. The number of nitrogens with zero attached hydrogens (tertiary/aromatic N) is 2. The summed E-state index contributed by atoms with van der Waals surface area (Å²) < 4.78 is 0. The van der Waals surface area contributed by atoms with Crippen LogP contribution in [-0.2, 0) is 4.79 Å². The molecule has 0 unspecified atom stereocenters. The highest BCUT2D eigenvalue weighted by molar-refractivity contribution is 7.98. The standard InChI is InChI=1S/C15H22N4O3S/c1-3-19(9-14(20)21)11-6-10(7-11)17-15(22)18-13-5-4-12(23-2)8-16-13/h4-5,8,10-11H,3,6-7,9H2,1-2H3,(H,20,21)(H2,16,17,18,22). The highest BCUT2D eigenvalue weighted by atomic mass is 32.2. The molecule has 0 bridgehead atoms. The number of urea groups is 1. The van der Waals surface area contributed by atoms with Gasteiger partial charge in [-0.05, 0) is 37.8 Å². The number of likely N-dealkylation sites (N-methyl/N-ethyl adjacent to an activating group) is 1. The fourth-order valence-electron chi connectivity index (χ4n) is 2.59. The monoisotopic (exact) mass is 338 g/mol. The minimum atomic E-state index is -0.819. The maximum absolute atomic E-state index is 11.9. The Bertz CT molecular complexity index is 546. The van der Waals surface area contributed by atoms with E-state index >= 15 is 0 Å². The summed E-state index contributed by atoms with van der Waals surface area (Å²) in [6, 6.07) is 3.69. The molecule has 1 saturated carbocycles. The molecule has 3 N–H and O–H groups in total. The van der Waals surface area contributed by atoms with Crippen LogP contribution in [0.15, 0.2) is 23.2 Å². The van der Waals surface area contributed by atoms with Crippen LogP contribution < -0.4 is 10.6 Å². The molecule has 0 spiro atoms. The highest BCUT2D eigenvalue weighted by Crippen LogP contribution is 2.25. The number of rotatable bonds is 7. The molecular weight excluding hydrogens is 316 g/mol. The van der Waals surface area contributed by atoms with Crippen LogP contribution in [0.3, 0.4) is 0 Å². The van der Waals surface area contributed by atoms with Gasteiger partial charge < -0.3 is 10.4 Å². The lowest BCUT2D eigenvalue weighted by Crippen LogP contribution is -2.55. The zero-order chi connectivity index (χ0) is 16.8. The summed E-state index contributed by atoms with van der Waals surface area (Å²) >= 11 is 1.59. The molecule has 0 aromatic carbocycles. The third-order valence-corrected chi connectivity index (χ3v) is 4.64. The molecule has 23 heavy (non-hydrogen) atoms. The molecule has 1 aromatic rings. The summed E-state index contributed by atoms with van der Waals surface area (Å²) in [6.45, 7) is 2.69. The van der Waals surface area contributed by atoms with Gasteiger partial charge in [-0.3, -0.25) is 15.0 Å². The van der Waals surface area contributed by atoms with Gasteiger partial charge in [0.05, 0.1) is 6.54 Å². The van der Waals surface area contributed by atoms with E-state index in [1.807, 2.05) is 24.1 Å². The Hall–Kier alpha value is -1.80. The average molecular weight is 338 g/mol. The summed E-state index contributed by atoms with van der Waals surface area (Å²) in [5, 5.41) is 14.5. The maximum Gasteiger partial charge on any atom is 0.320 e. The number of thioether (sulfide) groups is 1. The Kier molecular flexibility index (Phi) is 6.23. The number of hydrogen-bond acceptors (Lipinski definition) is 5. The van der Waals surface area contributed by atoms with Gasteiger partial charge in [0.25, 0.3) is 0 Å². The molecule has 1 heterocycles. The number of carboxylic acid groups (broad SMARTS) is 1. The molecule has 2 amide bonds. The van der Waals surface area contributed by atoms with Crippen LogP contribution in [0.4, 0.5) is 10.6 Å². The molecule has 1 aliphatic rings. The van der Waals surface area contributed by atoms with Crippen molar-refractivity contribution in [3.05, 3.63) is 18.3 Å². The van der Waals surface area contributed by atoms with Crippen LogP contribution in [0, 0.1) is 0 Å². The number of hydrogen-bond donors (Lipinski definition) is 3. The van der Waals surface area contributed by atoms with Crippen molar-refractivity contribution in [2.75, 3.05) is 24.7 Å². The first-order valence-corrected chi connectivity index (χ1v) is 8.77. The Labute approximate surface area is 139 Å². The molecule has 1 fully saturated rings. The number of amides is 2. The topological polar surface area (TPSA) is 94.6 Å². The van der Waals surface area contributed by atoms with Crippen molar-refractivity contribution in [3.8, 4) is 0 Å². The molecule has 0 saturated heterocycles. The molecule has 8 heteroatoms. The second-order valence-electron chi connectivity index (χ2n) is 5.46. The fourth-order valence-corrected chi connectivity index (χ4v) is 2.95. The van der Waals surface area contributed by atoms with Crippen LogP contribution in [0.25, 0.3) is 0 Å². The Morgan fingerprint density at radius 1 is 1.43 bits per heavy atom. The first kappa shape index (κ1) is 17.6. The van der Waals surface area contributed by atoms with Gasteiger partial charge in [0.2, 0.25) is 0 Å². The zero-order valence-corrected chi connectivity index (χ0v) is 14.1. The van der Waals surface area contributed by atoms with Gasteiger partial charge in [-0.15, -0.1) is 11.8 Å². The lowest BCUT2D eigenvalue weighted by Gasteiger charge is -2.42. The molecule has 126 valence electrons. The van der Waals surface area contributed by atoms with Crippen LogP contribution >= 0.6 is 11.8 Å². The van der Waals surface area contributed by atoms with Gasteiger partial charge in [0, 0.05) is 23.2 Å². The van der Waals surface area contributed by atoms with E-state index in [2.05, 4.69) is 15.6 Å². The lowest BCUT2D eigenvalue weighted by molar-refractivity contribution is -0.139. The molecular formula is C15H22N4O3S. The number of aliphatic carboxylic acids is 1. The molecule has 0 aliphatic heterocycles. The van der Waals surface area contributed by atoms with E-state index in [1.165, 1.54) is 0 Å². The summed E-state index contributed by atoms with van der Waals surface area (Å²) in [5.41, 5.74) is 0. The van der Waals surface area contributed by atoms with Crippen molar-refractivity contribution < 1.29 is 14.7 Å². The number of anilines is 1. The van der Waals surface area contributed by atoms with Crippen molar-refractivity contribution in [3.63, 3.8) is 0 Å². The molecule has 0 radical (unpaired) electrons. The molecule has 0 atom stereocenters. The number of nitrogens with one attached hydrogen (secondary N) is 2. The second-order valence-corrected chi connectivity index (χ2v) is 6.34. The van der Waals surface area contributed by atoms with E-state index < -0.39 is 5.97 Å². The second kappa shape index (κ2) is 8.16. The van der Waals surface area contributed by atoms with Crippen LogP contribution in [-0.4, -0.2) is 58.4 Å². The zero-order valence-electron chi connectivity index (χ0n) is 13.3. The minimum absolute atomic E-state index is 0.0474. The Balaban J connectivity index is 1.74. The largest absolute Gasteiger partial charge is 0.480 e. The maximum atomic E-state index is 11.9. The van der Waals surface area contributed by atoms with Crippen molar-refractivity contribution in [2.24, 2.45) is 0 Å². The van der Waals surface area contributed by atoms with E-state index in [1.54, 1.807) is 24.0 Å². The summed E-state index contributed by atoms with van der Waals surface area (Å²) in [7, 11) is 0. The first-order chi connectivity index (χ1) is 11.0. The summed E-state index contributed by atoms with van der Waals surface area (Å²) in [5.74, 6) is -0.307. The predicted molar refractivity (Wildman–Crippen MR) is 89.9 cm³/mol. The Morgan fingerprint density at radius 2 is 2.17 bits per heavy atom. The van der Waals surface area contributed by atoms with E-state index in [0.29, 0.717) is 12.4 Å². The van der Waals surface area contributed by atoms with Gasteiger partial charge in [-0.1, -0.05) is 6.92 Å². The van der Waals surface area contributed by atoms with E-state index in [9.17, 15) is 9.59 Å². The first-order valence-electron chi connectivity index (χ1n) is 7.55. The smallest absolute Gasteiger partial charge is 0.320 e. The van der Waals surface area contributed by atoms with Crippen LogP contribution in [0.1, 0.15) is 19.8 Å².